The van der Waals surface area contributed by atoms with E-state index in [-0.39, 0.29) is 11.8 Å². The molecule has 0 bridgehead atoms. The second kappa shape index (κ2) is 5.17. The molecule has 74 valence electrons. The van der Waals surface area contributed by atoms with E-state index in [9.17, 15) is 9.59 Å². The molecule has 1 amide bonds. The first-order valence-electron chi connectivity index (χ1n) is 4.53. The lowest BCUT2D eigenvalue weighted by Gasteiger charge is -2.11. The van der Waals surface area contributed by atoms with Gasteiger partial charge in [0.05, 0.1) is 5.92 Å². The van der Waals surface area contributed by atoms with Crippen LogP contribution in [-0.2, 0) is 9.59 Å². The molecule has 0 heterocycles. The zero-order valence-corrected chi connectivity index (χ0v) is 7.85. The van der Waals surface area contributed by atoms with E-state index in [1.165, 1.54) is 0 Å². The molecular weight excluding hydrogens is 178 g/mol. The van der Waals surface area contributed by atoms with Gasteiger partial charge in [-0.25, -0.2) is 0 Å². The smallest absolute Gasteiger partial charge is 0.224 e. The molecule has 0 aromatic heterocycles. The first-order chi connectivity index (χ1) is 6.75. The molecule has 1 unspecified atom stereocenters. The number of aldehydes is 1. The summed E-state index contributed by atoms with van der Waals surface area (Å²) in [6, 6.07) is 9.28. The Labute approximate surface area is 82.9 Å². The highest BCUT2D eigenvalue weighted by molar-refractivity contribution is 5.82. The van der Waals surface area contributed by atoms with E-state index in [0.29, 0.717) is 12.8 Å². The van der Waals surface area contributed by atoms with Gasteiger partial charge in [0.15, 0.2) is 0 Å². The Hall–Kier alpha value is -1.64. The van der Waals surface area contributed by atoms with Crippen molar-refractivity contribution in [1.82, 2.24) is 0 Å². The molecule has 3 nitrogen and oxygen atoms in total. The Bertz CT molecular complexity index is 308. The van der Waals surface area contributed by atoms with Gasteiger partial charge in [-0.15, -0.1) is 0 Å². The number of rotatable bonds is 5. The Morgan fingerprint density at radius 2 is 2.00 bits per heavy atom. The topological polar surface area (TPSA) is 60.2 Å². The predicted octanol–water partition coefficient (Wildman–Crippen LogP) is 1.23. The molecule has 14 heavy (non-hydrogen) atoms. The van der Waals surface area contributed by atoms with Crippen LogP contribution in [0.3, 0.4) is 0 Å². The van der Waals surface area contributed by atoms with Gasteiger partial charge < -0.3 is 10.5 Å². The number of carbonyl (C=O) groups excluding carboxylic acids is 2. The van der Waals surface area contributed by atoms with Crippen LogP contribution in [0.5, 0.6) is 0 Å². The summed E-state index contributed by atoms with van der Waals surface area (Å²) in [6.45, 7) is 0. The van der Waals surface area contributed by atoms with Gasteiger partial charge in [0.2, 0.25) is 5.91 Å². The van der Waals surface area contributed by atoms with Crippen LogP contribution in [0.4, 0.5) is 0 Å². The van der Waals surface area contributed by atoms with E-state index in [0.717, 1.165) is 11.8 Å². The average Bonchev–Trinajstić information content (AvgIpc) is 2.19. The van der Waals surface area contributed by atoms with Gasteiger partial charge in [-0.2, -0.15) is 0 Å². The van der Waals surface area contributed by atoms with E-state index in [1.807, 2.05) is 30.3 Å². The van der Waals surface area contributed by atoms with Crippen molar-refractivity contribution in [2.24, 2.45) is 5.73 Å². The molecule has 1 aromatic rings. The number of nitrogens with two attached hydrogens (primary N) is 1. The minimum Gasteiger partial charge on any atom is -0.369 e. The van der Waals surface area contributed by atoms with Crippen molar-refractivity contribution in [2.75, 3.05) is 0 Å². The van der Waals surface area contributed by atoms with Crippen molar-refractivity contribution in [3.63, 3.8) is 0 Å². The van der Waals surface area contributed by atoms with E-state index < -0.39 is 0 Å². The zero-order chi connectivity index (χ0) is 10.4. The Balaban J connectivity index is 2.78. The highest BCUT2D eigenvalue weighted by Gasteiger charge is 2.16. The van der Waals surface area contributed by atoms with Crippen molar-refractivity contribution < 1.29 is 9.59 Å². The first-order valence-corrected chi connectivity index (χ1v) is 4.53. The van der Waals surface area contributed by atoms with Crippen molar-refractivity contribution in [3.05, 3.63) is 35.9 Å². The van der Waals surface area contributed by atoms with Crippen LogP contribution < -0.4 is 5.73 Å². The van der Waals surface area contributed by atoms with E-state index in [4.69, 9.17) is 5.73 Å². The lowest BCUT2D eigenvalue weighted by Crippen LogP contribution is -2.21. The fourth-order valence-electron chi connectivity index (χ4n) is 1.39. The van der Waals surface area contributed by atoms with Gasteiger partial charge in [0.25, 0.3) is 0 Å². The normalized spacial score (nSPS) is 12.0. The van der Waals surface area contributed by atoms with Gasteiger partial charge in [-0.1, -0.05) is 30.3 Å². The third-order valence-corrected chi connectivity index (χ3v) is 2.12. The summed E-state index contributed by atoms with van der Waals surface area (Å²) in [6.07, 6.45) is 1.66. The predicted molar refractivity (Wildman–Crippen MR) is 53.7 cm³/mol. The fraction of sp³-hybridized carbons (Fsp3) is 0.273. The summed E-state index contributed by atoms with van der Waals surface area (Å²) in [5, 5.41) is 0. The van der Waals surface area contributed by atoms with Crippen molar-refractivity contribution in [1.29, 1.82) is 0 Å². The SMILES string of the molecule is NC(=O)C(CCC=O)c1ccccc1. The lowest BCUT2D eigenvalue weighted by molar-refractivity contribution is -0.119. The minimum absolute atomic E-state index is 0.346. The third kappa shape index (κ3) is 2.69. The van der Waals surface area contributed by atoms with Crippen LogP contribution in [0.25, 0.3) is 0 Å². The maximum atomic E-state index is 11.1. The molecule has 0 aliphatic rings. The van der Waals surface area contributed by atoms with E-state index in [1.54, 1.807) is 0 Å². The van der Waals surface area contributed by atoms with Gasteiger partial charge in [-0.05, 0) is 12.0 Å². The molecule has 0 saturated heterocycles. The molecule has 0 spiro atoms. The van der Waals surface area contributed by atoms with Crippen molar-refractivity contribution in [3.8, 4) is 0 Å². The van der Waals surface area contributed by atoms with Crippen LogP contribution in [0.15, 0.2) is 30.3 Å². The Morgan fingerprint density at radius 1 is 1.36 bits per heavy atom. The minimum atomic E-state index is -0.377. The number of amides is 1. The largest absolute Gasteiger partial charge is 0.369 e. The highest BCUT2D eigenvalue weighted by Crippen LogP contribution is 2.19. The van der Waals surface area contributed by atoms with Crippen molar-refractivity contribution >= 4 is 12.2 Å². The molecule has 3 heteroatoms. The maximum absolute atomic E-state index is 11.1. The number of hydrogen-bond acceptors (Lipinski definition) is 2. The summed E-state index contributed by atoms with van der Waals surface area (Å²) in [7, 11) is 0. The quantitative estimate of drug-likeness (QED) is 0.711. The number of carbonyl (C=O) groups is 2. The highest BCUT2D eigenvalue weighted by atomic mass is 16.1. The van der Waals surface area contributed by atoms with Gasteiger partial charge in [0, 0.05) is 6.42 Å². The van der Waals surface area contributed by atoms with Crippen LogP contribution >= 0.6 is 0 Å². The van der Waals surface area contributed by atoms with Gasteiger partial charge in [0.1, 0.15) is 6.29 Å². The summed E-state index contributed by atoms with van der Waals surface area (Å²) >= 11 is 0. The Morgan fingerprint density at radius 3 is 2.50 bits per heavy atom. The molecule has 0 aliphatic carbocycles. The van der Waals surface area contributed by atoms with E-state index >= 15 is 0 Å². The number of benzene rings is 1. The van der Waals surface area contributed by atoms with Crippen LogP contribution in [0, 0.1) is 0 Å². The first kappa shape index (κ1) is 10.4. The van der Waals surface area contributed by atoms with Crippen LogP contribution in [0.1, 0.15) is 24.3 Å². The molecule has 0 aliphatic heterocycles. The lowest BCUT2D eigenvalue weighted by atomic mass is 9.94. The molecule has 0 fully saturated rings. The van der Waals surface area contributed by atoms with Crippen LogP contribution in [-0.4, -0.2) is 12.2 Å². The maximum Gasteiger partial charge on any atom is 0.224 e. The molecule has 2 N–H and O–H groups in total. The van der Waals surface area contributed by atoms with E-state index in [2.05, 4.69) is 0 Å². The summed E-state index contributed by atoms with van der Waals surface area (Å²) in [5.41, 5.74) is 6.13. The molecular formula is C11H13NO2. The summed E-state index contributed by atoms with van der Waals surface area (Å²) in [5.74, 6) is -0.723. The third-order valence-electron chi connectivity index (χ3n) is 2.12. The second-order valence-corrected chi connectivity index (χ2v) is 3.11. The summed E-state index contributed by atoms with van der Waals surface area (Å²) in [4.78, 5) is 21.3. The van der Waals surface area contributed by atoms with Crippen LogP contribution in [0.2, 0.25) is 0 Å². The monoisotopic (exact) mass is 191 g/mol. The fourth-order valence-corrected chi connectivity index (χ4v) is 1.39. The number of primary amides is 1. The molecule has 0 saturated carbocycles. The number of hydrogen-bond donors (Lipinski definition) is 1. The zero-order valence-electron chi connectivity index (χ0n) is 7.85. The Kier molecular flexibility index (Phi) is 3.85. The molecule has 0 radical (unpaired) electrons. The molecule has 1 aromatic carbocycles. The summed E-state index contributed by atoms with van der Waals surface area (Å²) < 4.78 is 0. The average molecular weight is 191 g/mol. The standard InChI is InChI=1S/C11H13NO2/c12-11(14)10(7-4-8-13)9-5-2-1-3-6-9/h1-3,5-6,8,10H,4,7H2,(H2,12,14). The van der Waals surface area contributed by atoms with Crippen molar-refractivity contribution in [2.45, 2.75) is 18.8 Å². The van der Waals surface area contributed by atoms with Gasteiger partial charge in [-0.3, -0.25) is 4.79 Å². The second-order valence-electron chi connectivity index (χ2n) is 3.11. The van der Waals surface area contributed by atoms with Gasteiger partial charge >= 0.3 is 0 Å². The molecule has 1 atom stereocenters. The molecule has 1 rings (SSSR count).